The molecule has 0 saturated carbocycles. The molecule has 2 fully saturated rings. The number of ether oxygens (including phenoxy) is 3. The van der Waals surface area contributed by atoms with Gasteiger partial charge in [0.1, 0.15) is 0 Å². The average Bonchev–Trinajstić information content (AvgIpc) is 3.63. The Morgan fingerprint density at radius 2 is 1.95 bits per heavy atom. The van der Waals surface area contributed by atoms with Gasteiger partial charge in [-0.05, 0) is 55.3 Å². The van der Waals surface area contributed by atoms with Crippen LogP contribution in [0, 0.1) is 11.3 Å². The van der Waals surface area contributed by atoms with E-state index in [0.717, 1.165) is 31.2 Å². The van der Waals surface area contributed by atoms with E-state index in [9.17, 15) is 19.5 Å². The number of hydrogen-bond acceptors (Lipinski definition) is 8. The number of amides is 2. The predicted octanol–water partition coefficient (Wildman–Crippen LogP) is 2.91. The van der Waals surface area contributed by atoms with Crippen molar-refractivity contribution in [3.63, 3.8) is 0 Å². The fourth-order valence-electron chi connectivity index (χ4n) is 6.66. The third kappa shape index (κ3) is 7.29. The van der Waals surface area contributed by atoms with Crippen LogP contribution in [0.5, 0.6) is 17.2 Å². The molecule has 0 radical (unpaired) electrons. The van der Waals surface area contributed by atoms with Gasteiger partial charge in [0.25, 0.3) is 0 Å². The summed E-state index contributed by atoms with van der Waals surface area (Å²) in [5.74, 6) is -0.497. The molecule has 0 aliphatic carbocycles. The zero-order valence-corrected chi connectivity index (χ0v) is 25.6. The van der Waals surface area contributed by atoms with Crippen LogP contribution in [0.2, 0.25) is 0 Å². The molecule has 3 aliphatic rings. The first-order chi connectivity index (χ1) is 20.1. The van der Waals surface area contributed by atoms with Crippen LogP contribution in [0.1, 0.15) is 70.8 Å². The fourth-order valence-corrected chi connectivity index (χ4v) is 6.66. The number of unbranched alkanes of at least 4 members (excludes halogenated alkanes) is 2. The maximum Gasteiger partial charge on any atom is 0.308 e. The fraction of sp³-hybridized carbons (Fsp3) is 0.710. The van der Waals surface area contributed by atoms with Crippen molar-refractivity contribution < 1.29 is 33.7 Å². The predicted molar refractivity (Wildman–Crippen MR) is 158 cm³/mol. The Hall–Kier alpha value is -3.05. The molecule has 3 heterocycles. The van der Waals surface area contributed by atoms with Gasteiger partial charge in [0, 0.05) is 51.1 Å². The normalized spacial score (nSPS) is 23.0. The molecule has 42 heavy (non-hydrogen) atoms. The van der Waals surface area contributed by atoms with Gasteiger partial charge in [0.2, 0.25) is 24.4 Å². The van der Waals surface area contributed by atoms with Crippen molar-refractivity contribution >= 4 is 17.8 Å². The van der Waals surface area contributed by atoms with Crippen LogP contribution < -0.4 is 19.9 Å². The van der Waals surface area contributed by atoms with Crippen molar-refractivity contribution in [2.24, 2.45) is 17.1 Å². The highest BCUT2D eigenvalue weighted by Gasteiger charge is 2.48. The smallest absolute Gasteiger partial charge is 0.308 e. The highest BCUT2D eigenvalue weighted by molar-refractivity contribution is 5.80. The second-order valence-corrected chi connectivity index (χ2v) is 12.6. The van der Waals surface area contributed by atoms with Crippen LogP contribution in [0.25, 0.3) is 0 Å². The lowest BCUT2D eigenvalue weighted by Crippen LogP contribution is -2.46. The Morgan fingerprint density at radius 1 is 1.19 bits per heavy atom. The van der Waals surface area contributed by atoms with Crippen LogP contribution in [0.4, 0.5) is 0 Å². The van der Waals surface area contributed by atoms with Gasteiger partial charge >= 0.3 is 5.97 Å². The van der Waals surface area contributed by atoms with E-state index in [4.69, 9.17) is 19.9 Å². The molecule has 11 heteroatoms. The van der Waals surface area contributed by atoms with Crippen LogP contribution in [-0.4, -0.2) is 103 Å². The van der Waals surface area contributed by atoms with Gasteiger partial charge in [0.05, 0.1) is 19.6 Å². The topological polar surface area (TPSA) is 135 Å². The van der Waals surface area contributed by atoms with E-state index >= 15 is 0 Å². The molecule has 0 spiro atoms. The standard InChI is InChI=1S/C31H48N4O7/c1-5-6-11-33(12-8-7-10-32)27(37)18-35-17-22(21-14-24(40-4)29-25(15-21)41-20-42-29)28(30(38)39)23(35)9-13-34-19-31(2,3)16-26(34)36/h14-15,22-23,28H,5-13,16-20,32H2,1-4H3,(H,38,39)/t22-,23+,28?/m1/s1. The maximum absolute atomic E-state index is 13.7. The third-order valence-electron chi connectivity index (χ3n) is 8.79. The van der Waals surface area contributed by atoms with Gasteiger partial charge in [-0.25, -0.2) is 0 Å². The van der Waals surface area contributed by atoms with E-state index in [2.05, 4.69) is 20.8 Å². The monoisotopic (exact) mass is 588 g/mol. The molecule has 1 aromatic carbocycles. The second kappa shape index (κ2) is 13.9. The number of rotatable bonds is 15. The lowest BCUT2D eigenvalue weighted by molar-refractivity contribution is -0.144. The number of nitrogens with two attached hydrogens (primary N) is 1. The Morgan fingerprint density at radius 3 is 2.60 bits per heavy atom. The molecule has 11 nitrogen and oxygen atoms in total. The Kier molecular flexibility index (Phi) is 10.6. The Bertz CT molecular complexity index is 1130. The van der Waals surface area contributed by atoms with Crippen LogP contribution in [0.3, 0.4) is 0 Å². The van der Waals surface area contributed by atoms with Crippen molar-refractivity contribution in [2.75, 3.05) is 59.7 Å². The minimum Gasteiger partial charge on any atom is -0.493 e. The number of methoxy groups -OCH3 is 1. The largest absolute Gasteiger partial charge is 0.493 e. The third-order valence-corrected chi connectivity index (χ3v) is 8.79. The van der Waals surface area contributed by atoms with Gasteiger partial charge in [-0.3, -0.25) is 19.3 Å². The lowest BCUT2D eigenvalue weighted by Gasteiger charge is -2.31. The summed E-state index contributed by atoms with van der Waals surface area (Å²) in [6.45, 7) is 9.81. The summed E-state index contributed by atoms with van der Waals surface area (Å²) in [4.78, 5) is 45.1. The molecule has 1 unspecified atom stereocenters. The minimum absolute atomic E-state index is 0.00286. The van der Waals surface area contributed by atoms with Crippen LogP contribution in [-0.2, 0) is 14.4 Å². The highest BCUT2D eigenvalue weighted by Crippen LogP contribution is 2.47. The van der Waals surface area contributed by atoms with E-state index < -0.39 is 23.8 Å². The van der Waals surface area contributed by atoms with Crippen molar-refractivity contribution in [1.82, 2.24) is 14.7 Å². The first-order valence-electron chi connectivity index (χ1n) is 15.3. The number of carboxylic acid groups (broad SMARTS) is 1. The molecule has 3 atom stereocenters. The molecule has 3 N–H and O–H groups in total. The number of aliphatic carboxylic acids is 1. The number of likely N-dealkylation sites (tertiary alicyclic amines) is 2. The zero-order valence-electron chi connectivity index (χ0n) is 25.6. The number of hydrogen-bond donors (Lipinski definition) is 2. The van der Waals surface area contributed by atoms with Crippen molar-refractivity contribution in [3.8, 4) is 17.2 Å². The van der Waals surface area contributed by atoms with E-state index in [-0.39, 0.29) is 30.6 Å². The first kappa shape index (κ1) is 31.9. The average molecular weight is 589 g/mol. The van der Waals surface area contributed by atoms with Gasteiger partial charge in [-0.2, -0.15) is 0 Å². The number of carbonyl (C=O) groups is 3. The Balaban J connectivity index is 1.62. The van der Waals surface area contributed by atoms with Gasteiger partial charge in [-0.15, -0.1) is 0 Å². The van der Waals surface area contributed by atoms with E-state index in [1.54, 1.807) is 7.11 Å². The summed E-state index contributed by atoms with van der Waals surface area (Å²) in [6, 6.07) is 3.23. The molecule has 234 valence electrons. The van der Waals surface area contributed by atoms with Crippen LogP contribution >= 0.6 is 0 Å². The highest BCUT2D eigenvalue weighted by atomic mass is 16.7. The molecular weight excluding hydrogens is 540 g/mol. The first-order valence-corrected chi connectivity index (χ1v) is 15.3. The number of carboxylic acids is 1. The van der Waals surface area contributed by atoms with Crippen molar-refractivity contribution in [1.29, 1.82) is 0 Å². The molecule has 4 rings (SSSR count). The number of fused-ring (bicyclic) bond motifs is 1. The summed E-state index contributed by atoms with van der Waals surface area (Å²) in [5.41, 5.74) is 6.36. The zero-order chi connectivity index (χ0) is 30.4. The summed E-state index contributed by atoms with van der Waals surface area (Å²) >= 11 is 0. The van der Waals surface area contributed by atoms with Gasteiger partial charge in [-0.1, -0.05) is 27.2 Å². The molecule has 2 saturated heterocycles. The quantitative estimate of drug-likeness (QED) is 0.297. The lowest BCUT2D eigenvalue weighted by atomic mass is 9.84. The van der Waals surface area contributed by atoms with Gasteiger partial charge < -0.3 is 34.9 Å². The van der Waals surface area contributed by atoms with E-state index in [1.165, 1.54) is 0 Å². The van der Waals surface area contributed by atoms with Crippen LogP contribution in [0.15, 0.2) is 12.1 Å². The molecule has 3 aliphatic heterocycles. The number of benzene rings is 1. The summed E-state index contributed by atoms with van der Waals surface area (Å²) < 4.78 is 16.8. The Labute approximate surface area is 249 Å². The number of nitrogens with zero attached hydrogens (tertiary/aromatic N) is 3. The molecular formula is C31H48N4O7. The molecule has 2 amide bonds. The van der Waals surface area contributed by atoms with Crippen molar-refractivity contribution in [3.05, 3.63) is 17.7 Å². The van der Waals surface area contributed by atoms with E-state index in [1.807, 2.05) is 26.8 Å². The van der Waals surface area contributed by atoms with E-state index in [0.29, 0.717) is 69.4 Å². The summed E-state index contributed by atoms with van der Waals surface area (Å²) in [7, 11) is 1.54. The summed E-state index contributed by atoms with van der Waals surface area (Å²) in [5, 5.41) is 10.6. The summed E-state index contributed by atoms with van der Waals surface area (Å²) in [6.07, 6.45) is 4.50. The van der Waals surface area contributed by atoms with Gasteiger partial charge in [0.15, 0.2) is 11.5 Å². The second-order valence-electron chi connectivity index (χ2n) is 12.6. The maximum atomic E-state index is 13.7. The minimum atomic E-state index is -0.921. The van der Waals surface area contributed by atoms with Crippen molar-refractivity contribution in [2.45, 2.75) is 71.3 Å². The SMILES string of the molecule is CCCCN(CCCCN)C(=O)CN1C[C@H](c2cc(OC)c3c(c2)OCO3)C(C(=O)O)[C@@H]1CCN1CC(C)(C)CC1=O. The molecule has 1 aromatic rings. The molecule has 0 aromatic heterocycles. The molecule has 0 bridgehead atoms. The number of carbonyl (C=O) groups excluding carboxylic acids is 2.